The minimum absolute atomic E-state index is 0.0738. The van der Waals surface area contributed by atoms with Crippen molar-refractivity contribution in [2.45, 2.75) is 77.5 Å². The summed E-state index contributed by atoms with van der Waals surface area (Å²) in [6, 6.07) is 13.5. The van der Waals surface area contributed by atoms with Crippen LogP contribution in [-0.2, 0) is 10.2 Å². The number of rotatable bonds is 6. The molecule has 168 valence electrons. The summed E-state index contributed by atoms with van der Waals surface area (Å²) in [7, 11) is 1.63. The van der Waals surface area contributed by atoms with Crippen LogP contribution in [-0.4, -0.2) is 24.7 Å². The van der Waals surface area contributed by atoms with Crippen LogP contribution in [0.2, 0.25) is 0 Å². The number of hydrogen-bond acceptors (Lipinski definition) is 4. The van der Waals surface area contributed by atoms with Crippen LogP contribution in [0.15, 0.2) is 42.5 Å². The van der Waals surface area contributed by atoms with Crippen molar-refractivity contribution >= 4 is 5.91 Å². The fourth-order valence-electron chi connectivity index (χ4n) is 3.87. The van der Waals surface area contributed by atoms with Crippen molar-refractivity contribution in [3.8, 4) is 17.2 Å². The topological polar surface area (TPSA) is 56.8 Å². The number of methoxy groups -OCH3 is 1. The van der Waals surface area contributed by atoms with Gasteiger partial charge in [0.1, 0.15) is 22.8 Å². The van der Waals surface area contributed by atoms with Gasteiger partial charge >= 0.3 is 0 Å². The molecule has 1 heterocycles. The zero-order chi connectivity index (χ0) is 22.8. The maximum atomic E-state index is 13.1. The average molecular weight is 426 g/mol. The van der Waals surface area contributed by atoms with Gasteiger partial charge in [0.2, 0.25) is 0 Å². The van der Waals surface area contributed by atoms with Gasteiger partial charge in [0.05, 0.1) is 13.2 Å². The van der Waals surface area contributed by atoms with Gasteiger partial charge in [0.15, 0.2) is 6.10 Å². The van der Waals surface area contributed by atoms with Crippen molar-refractivity contribution in [3.63, 3.8) is 0 Å². The number of ether oxygens (including phenoxy) is 3. The number of carbonyl (C=O) groups is 1. The molecule has 1 aliphatic rings. The van der Waals surface area contributed by atoms with Crippen molar-refractivity contribution in [2.24, 2.45) is 0 Å². The Morgan fingerprint density at radius 1 is 1.16 bits per heavy atom. The predicted molar refractivity (Wildman–Crippen MR) is 123 cm³/mol. The number of amides is 1. The van der Waals surface area contributed by atoms with E-state index in [1.807, 2.05) is 51.1 Å². The molecular weight excluding hydrogens is 390 g/mol. The van der Waals surface area contributed by atoms with E-state index < -0.39 is 6.10 Å². The Balaban J connectivity index is 1.76. The van der Waals surface area contributed by atoms with Gasteiger partial charge in [-0.1, -0.05) is 39.8 Å². The van der Waals surface area contributed by atoms with E-state index in [0.29, 0.717) is 18.6 Å². The Hall–Kier alpha value is -2.69. The van der Waals surface area contributed by atoms with E-state index in [0.717, 1.165) is 17.1 Å². The number of carbonyl (C=O) groups excluding carboxylic acids is 1. The Kier molecular flexibility index (Phi) is 6.54. The Morgan fingerprint density at radius 2 is 1.81 bits per heavy atom. The third-order valence-electron chi connectivity index (χ3n) is 5.65. The highest BCUT2D eigenvalue weighted by atomic mass is 16.5. The van der Waals surface area contributed by atoms with Crippen LogP contribution < -0.4 is 19.5 Å². The highest BCUT2D eigenvalue weighted by molar-refractivity contribution is 5.81. The standard InChI is InChI=1S/C26H35NO4/c1-8-22(30-18-11-9-17(10-12-18)25(2,3)4)24(28)27-21-16-26(5,6)31-23-14-13-19(29-7)15-20(21)23/h9-15,21-22H,8,16H2,1-7H3,(H,27,28)/t21-,22-/m1/s1. The molecule has 0 spiro atoms. The molecule has 2 atom stereocenters. The van der Waals surface area contributed by atoms with Gasteiger partial charge in [-0.25, -0.2) is 0 Å². The molecule has 1 N–H and O–H groups in total. The van der Waals surface area contributed by atoms with Gasteiger partial charge in [0, 0.05) is 12.0 Å². The lowest BCUT2D eigenvalue weighted by Gasteiger charge is -2.38. The fourth-order valence-corrected chi connectivity index (χ4v) is 3.87. The molecule has 0 aromatic heterocycles. The smallest absolute Gasteiger partial charge is 0.261 e. The normalized spacial score (nSPS) is 18.4. The number of benzene rings is 2. The van der Waals surface area contributed by atoms with Gasteiger partial charge in [-0.2, -0.15) is 0 Å². The van der Waals surface area contributed by atoms with Crippen molar-refractivity contribution in [1.29, 1.82) is 0 Å². The lowest BCUT2D eigenvalue weighted by Crippen LogP contribution is -2.45. The first-order valence-electron chi connectivity index (χ1n) is 11.0. The van der Waals surface area contributed by atoms with Gasteiger partial charge in [-0.05, 0) is 61.6 Å². The molecule has 3 rings (SSSR count). The molecular formula is C26H35NO4. The maximum Gasteiger partial charge on any atom is 0.261 e. The van der Waals surface area contributed by atoms with Crippen molar-refractivity contribution in [3.05, 3.63) is 53.6 Å². The van der Waals surface area contributed by atoms with E-state index >= 15 is 0 Å². The van der Waals surface area contributed by atoms with Crippen LogP contribution >= 0.6 is 0 Å². The summed E-state index contributed by atoms with van der Waals surface area (Å²) in [5, 5.41) is 3.19. The van der Waals surface area contributed by atoms with Crippen molar-refractivity contribution in [1.82, 2.24) is 5.32 Å². The lowest BCUT2D eigenvalue weighted by molar-refractivity contribution is -0.129. The molecule has 5 nitrogen and oxygen atoms in total. The average Bonchev–Trinajstić information content (AvgIpc) is 2.70. The molecule has 5 heteroatoms. The van der Waals surface area contributed by atoms with E-state index in [4.69, 9.17) is 14.2 Å². The Labute approximate surface area is 186 Å². The summed E-state index contributed by atoms with van der Waals surface area (Å²) < 4.78 is 17.5. The minimum atomic E-state index is -0.569. The largest absolute Gasteiger partial charge is 0.497 e. The van der Waals surface area contributed by atoms with E-state index in [-0.39, 0.29) is 23.0 Å². The van der Waals surface area contributed by atoms with Crippen LogP contribution in [0.1, 0.15) is 71.6 Å². The SMILES string of the molecule is CC[C@@H](Oc1ccc(C(C)(C)C)cc1)C(=O)N[C@@H]1CC(C)(C)Oc2ccc(OC)cc21. The first-order valence-corrected chi connectivity index (χ1v) is 11.0. The molecule has 0 bridgehead atoms. The molecule has 0 radical (unpaired) electrons. The highest BCUT2D eigenvalue weighted by Crippen LogP contribution is 2.41. The van der Waals surface area contributed by atoms with Crippen LogP contribution in [0.25, 0.3) is 0 Å². The van der Waals surface area contributed by atoms with E-state index in [9.17, 15) is 4.79 Å². The second-order valence-corrected chi connectivity index (χ2v) is 9.82. The van der Waals surface area contributed by atoms with Gasteiger partial charge in [0.25, 0.3) is 5.91 Å². The minimum Gasteiger partial charge on any atom is -0.497 e. The molecule has 31 heavy (non-hydrogen) atoms. The molecule has 0 saturated carbocycles. The predicted octanol–water partition coefficient (Wildman–Crippen LogP) is 5.57. The van der Waals surface area contributed by atoms with Crippen molar-refractivity contribution < 1.29 is 19.0 Å². The summed E-state index contributed by atoms with van der Waals surface area (Å²) in [6.07, 6.45) is 0.667. The quantitative estimate of drug-likeness (QED) is 0.657. The molecule has 0 aliphatic carbocycles. The summed E-state index contributed by atoms with van der Waals surface area (Å²) >= 11 is 0. The number of fused-ring (bicyclic) bond motifs is 1. The van der Waals surface area contributed by atoms with Crippen LogP contribution in [0, 0.1) is 0 Å². The molecule has 0 fully saturated rings. The number of hydrogen-bond donors (Lipinski definition) is 1. The number of nitrogens with one attached hydrogen (secondary N) is 1. The molecule has 2 aromatic rings. The third-order valence-corrected chi connectivity index (χ3v) is 5.65. The van der Waals surface area contributed by atoms with Crippen LogP contribution in [0.5, 0.6) is 17.2 Å². The monoisotopic (exact) mass is 425 g/mol. The third kappa shape index (κ3) is 5.52. The molecule has 0 unspecified atom stereocenters. The second kappa shape index (κ2) is 8.81. The highest BCUT2D eigenvalue weighted by Gasteiger charge is 2.36. The first kappa shape index (κ1) is 23.0. The first-order chi connectivity index (χ1) is 14.5. The van der Waals surface area contributed by atoms with E-state index in [1.165, 1.54) is 5.56 Å². The summed E-state index contributed by atoms with van der Waals surface area (Å²) in [6.45, 7) is 12.5. The molecule has 1 amide bonds. The molecule has 0 saturated heterocycles. The molecule has 2 aromatic carbocycles. The lowest BCUT2D eigenvalue weighted by atomic mass is 9.87. The zero-order valence-electron chi connectivity index (χ0n) is 19.7. The van der Waals surface area contributed by atoms with Gasteiger partial charge < -0.3 is 19.5 Å². The Morgan fingerprint density at radius 3 is 2.39 bits per heavy atom. The molecule has 1 aliphatic heterocycles. The Bertz CT molecular complexity index is 912. The maximum absolute atomic E-state index is 13.1. The van der Waals surface area contributed by atoms with E-state index in [1.54, 1.807) is 7.11 Å². The summed E-state index contributed by atoms with van der Waals surface area (Å²) in [5.74, 6) is 2.08. The van der Waals surface area contributed by atoms with Crippen molar-refractivity contribution in [2.75, 3.05) is 7.11 Å². The van der Waals surface area contributed by atoms with Gasteiger partial charge in [-0.15, -0.1) is 0 Å². The van der Waals surface area contributed by atoms with Crippen LogP contribution in [0.3, 0.4) is 0 Å². The summed E-state index contributed by atoms with van der Waals surface area (Å²) in [4.78, 5) is 13.1. The van der Waals surface area contributed by atoms with E-state index in [2.05, 4.69) is 38.2 Å². The van der Waals surface area contributed by atoms with Crippen LogP contribution in [0.4, 0.5) is 0 Å². The second-order valence-electron chi connectivity index (χ2n) is 9.82. The summed E-state index contributed by atoms with van der Waals surface area (Å²) in [5.41, 5.74) is 1.85. The fraction of sp³-hybridized carbons (Fsp3) is 0.500. The zero-order valence-corrected chi connectivity index (χ0v) is 19.7. The van der Waals surface area contributed by atoms with Gasteiger partial charge in [-0.3, -0.25) is 4.79 Å².